The summed E-state index contributed by atoms with van der Waals surface area (Å²) in [6, 6.07) is 19.2. The number of hydrogen-bond donors (Lipinski definition) is 0. The van der Waals surface area contributed by atoms with Gasteiger partial charge in [0.05, 0.1) is 24.1 Å². The van der Waals surface area contributed by atoms with Gasteiger partial charge < -0.3 is 9.64 Å². The minimum atomic E-state index is 0.540. The van der Waals surface area contributed by atoms with Crippen molar-refractivity contribution in [2.24, 2.45) is 0 Å². The summed E-state index contributed by atoms with van der Waals surface area (Å²) in [6.07, 6.45) is 2.13. The molecule has 1 atom stereocenters. The predicted molar refractivity (Wildman–Crippen MR) is 103 cm³/mol. The highest BCUT2D eigenvalue weighted by Crippen LogP contribution is 2.25. The van der Waals surface area contributed by atoms with Gasteiger partial charge in [-0.15, -0.1) is 5.10 Å². The van der Waals surface area contributed by atoms with Crippen molar-refractivity contribution < 1.29 is 4.74 Å². The molecule has 1 unspecified atom stereocenters. The molecule has 3 rings (SSSR count). The van der Waals surface area contributed by atoms with Crippen LogP contribution < -0.4 is 4.74 Å². The Balaban J connectivity index is 1.77. The Hall–Kier alpha value is -2.33. The van der Waals surface area contributed by atoms with E-state index < -0.39 is 0 Å². The summed E-state index contributed by atoms with van der Waals surface area (Å²) in [6.45, 7) is 3.65. The van der Waals surface area contributed by atoms with Crippen LogP contribution in [0, 0.1) is 0 Å². The third-order valence-electron chi connectivity index (χ3n) is 4.69. The van der Waals surface area contributed by atoms with Crippen molar-refractivity contribution in [1.82, 2.24) is 14.7 Å². The summed E-state index contributed by atoms with van der Waals surface area (Å²) in [5.41, 5.74) is 2.35. The zero-order chi connectivity index (χ0) is 17.6. The van der Waals surface area contributed by atoms with Crippen LogP contribution in [0.2, 0.25) is 0 Å². The van der Waals surface area contributed by atoms with Gasteiger partial charge in [-0.3, -0.25) is 4.68 Å². The molecule has 1 heterocycles. The molecule has 0 bridgehead atoms. The standard InChI is InChI=1S/C21H27N3O/c1-4-18(23(2)3)14-15-25-21-19-12-8-9-13-20(19)24(22-21)16-17-10-6-5-7-11-17/h5-13,18H,4,14-16H2,1-3H3. The number of fused-ring (bicyclic) bond motifs is 1. The second kappa shape index (κ2) is 8.17. The van der Waals surface area contributed by atoms with E-state index in [0.717, 1.165) is 36.2 Å². The van der Waals surface area contributed by atoms with E-state index in [0.29, 0.717) is 12.6 Å². The minimum Gasteiger partial charge on any atom is -0.476 e. The van der Waals surface area contributed by atoms with E-state index in [4.69, 9.17) is 9.84 Å². The molecular weight excluding hydrogens is 310 g/mol. The van der Waals surface area contributed by atoms with Gasteiger partial charge in [0.15, 0.2) is 0 Å². The molecule has 0 spiro atoms. The Labute approximate surface area is 150 Å². The Morgan fingerprint density at radius 2 is 1.76 bits per heavy atom. The summed E-state index contributed by atoms with van der Waals surface area (Å²) in [5, 5.41) is 5.81. The van der Waals surface area contributed by atoms with Crippen molar-refractivity contribution >= 4 is 10.9 Å². The van der Waals surface area contributed by atoms with Crippen molar-refractivity contribution in [3.8, 4) is 5.88 Å². The zero-order valence-corrected chi connectivity index (χ0v) is 15.4. The predicted octanol–water partition coefficient (Wildman–Crippen LogP) is 4.19. The van der Waals surface area contributed by atoms with Crippen LogP contribution in [0.3, 0.4) is 0 Å². The van der Waals surface area contributed by atoms with E-state index in [9.17, 15) is 0 Å². The molecule has 0 aliphatic carbocycles. The number of ether oxygens (including phenoxy) is 1. The molecule has 1 aromatic heterocycles. The van der Waals surface area contributed by atoms with Crippen molar-refractivity contribution in [2.45, 2.75) is 32.4 Å². The fourth-order valence-corrected chi connectivity index (χ4v) is 3.20. The average molecular weight is 337 g/mol. The lowest BCUT2D eigenvalue weighted by Crippen LogP contribution is -2.28. The molecule has 0 aliphatic heterocycles. The normalized spacial score (nSPS) is 12.6. The molecule has 4 heteroatoms. The molecule has 0 aliphatic rings. The summed E-state index contributed by atoms with van der Waals surface area (Å²) >= 11 is 0. The van der Waals surface area contributed by atoms with Crippen LogP contribution in [-0.4, -0.2) is 41.4 Å². The summed E-state index contributed by atoms with van der Waals surface area (Å²) in [5.74, 6) is 0.736. The molecule has 0 fully saturated rings. The quantitative estimate of drug-likeness (QED) is 0.617. The second-order valence-corrected chi connectivity index (χ2v) is 6.63. The lowest BCUT2D eigenvalue weighted by atomic mass is 10.1. The first-order valence-electron chi connectivity index (χ1n) is 8.97. The highest BCUT2D eigenvalue weighted by Gasteiger charge is 2.13. The monoisotopic (exact) mass is 337 g/mol. The van der Waals surface area contributed by atoms with Gasteiger partial charge in [-0.2, -0.15) is 0 Å². The van der Waals surface area contributed by atoms with Crippen molar-refractivity contribution in [3.63, 3.8) is 0 Å². The number of benzene rings is 2. The number of aromatic nitrogens is 2. The largest absolute Gasteiger partial charge is 0.476 e. The van der Waals surface area contributed by atoms with Gasteiger partial charge in [-0.25, -0.2) is 0 Å². The maximum Gasteiger partial charge on any atom is 0.240 e. The molecule has 0 amide bonds. The highest BCUT2D eigenvalue weighted by molar-refractivity contribution is 5.84. The lowest BCUT2D eigenvalue weighted by Gasteiger charge is -2.22. The van der Waals surface area contributed by atoms with Crippen LogP contribution in [0.5, 0.6) is 5.88 Å². The summed E-state index contributed by atoms with van der Waals surface area (Å²) in [4.78, 5) is 2.26. The molecule has 132 valence electrons. The topological polar surface area (TPSA) is 30.3 Å². The zero-order valence-electron chi connectivity index (χ0n) is 15.4. The van der Waals surface area contributed by atoms with Crippen LogP contribution in [0.4, 0.5) is 0 Å². The maximum absolute atomic E-state index is 6.06. The Morgan fingerprint density at radius 3 is 2.48 bits per heavy atom. The van der Waals surface area contributed by atoms with E-state index in [1.807, 2.05) is 16.8 Å². The van der Waals surface area contributed by atoms with Crippen LogP contribution in [0.1, 0.15) is 25.3 Å². The third-order valence-corrected chi connectivity index (χ3v) is 4.69. The van der Waals surface area contributed by atoms with Crippen molar-refractivity contribution in [1.29, 1.82) is 0 Å². The number of hydrogen-bond acceptors (Lipinski definition) is 3. The SMILES string of the molecule is CCC(CCOc1nn(Cc2ccccc2)c2ccccc12)N(C)C. The van der Waals surface area contributed by atoms with Gasteiger partial charge in [0.2, 0.25) is 5.88 Å². The lowest BCUT2D eigenvalue weighted by molar-refractivity contribution is 0.213. The van der Waals surface area contributed by atoms with E-state index >= 15 is 0 Å². The van der Waals surface area contributed by atoms with Crippen LogP contribution in [0.25, 0.3) is 10.9 Å². The molecule has 0 radical (unpaired) electrons. The molecular formula is C21H27N3O. The molecule has 0 saturated carbocycles. The third kappa shape index (κ3) is 4.20. The summed E-state index contributed by atoms with van der Waals surface area (Å²) < 4.78 is 8.09. The van der Waals surface area contributed by atoms with Gasteiger partial charge in [-0.05, 0) is 44.6 Å². The van der Waals surface area contributed by atoms with Crippen LogP contribution in [-0.2, 0) is 6.54 Å². The Kier molecular flexibility index (Phi) is 5.71. The van der Waals surface area contributed by atoms with Gasteiger partial charge in [0.1, 0.15) is 0 Å². The van der Waals surface area contributed by atoms with E-state index in [2.05, 4.69) is 68.4 Å². The average Bonchev–Trinajstić information content (AvgIpc) is 2.97. The summed E-state index contributed by atoms with van der Waals surface area (Å²) in [7, 11) is 4.25. The van der Waals surface area contributed by atoms with Crippen LogP contribution in [0.15, 0.2) is 54.6 Å². The minimum absolute atomic E-state index is 0.540. The molecule has 3 aromatic rings. The maximum atomic E-state index is 6.06. The van der Waals surface area contributed by atoms with Gasteiger partial charge in [0.25, 0.3) is 0 Å². The molecule has 25 heavy (non-hydrogen) atoms. The first-order valence-corrected chi connectivity index (χ1v) is 8.97. The molecule has 4 nitrogen and oxygen atoms in total. The molecule has 0 N–H and O–H groups in total. The van der Waals surface area contributed by atoms with Gasteiger partial charge in [-0.1, -0.05) is 49.4 Å². The van der Waals surface area contributed by atoms with Crippen molar-refractivity contribution in [2.75, 3.05) is 20.7 Å². The fraction of sp³-hybridized carbons (Fsp3) is 0.381. The van der Waals surface area contributed by atoms with E-state index in [1.165, 1.54) is 5.56 Å². The molecule has 0 saturated heterocycles. The first-order chi connectivity index (χ1) is 12.2. The van der Waals surface area contributed by atoms with Gasteiger partial charge >= 0.3 is 0 Å². The Morgan fingerprint density at radius 1 is 1.04 bits per heavy atom. The van der Waals surface area contributed by atoms with Crippen LogP contribution >= 0.6 is 0 Å². The van der Waals surface area contributed by atoms with Crippen molar-refractivity contribution in [3.05, 3.63) is 60.2 Å². The second-order valence-electron chi connectivity index (χ2n) is 6.63. The van der Waals surface area contributed by atoms with E-state index in [1.54, 1.807) is 0 Å². The van der Waals surface area contributed by atoms with Gasteiger partial charge in [0, 0.05) is 6.04 Å². The smallest absolute Gasteiger partial charge is 0.240 e. The first kappa shape index (κ1) is 17.5. The number of para-hydroxylation sites is 1. The number of nitrogens with zero attached hydrogens (tertiary/aromatic N) is 3. The fourth-order valence-electron chi connectivity index (χ4n) is 3.20. The Bertz CT molecular complexity index is 795. The highest BCUT2D eigenvalue weighted by atomic mass is 16.5. The number of rotatable bonds is 8. The molecule has 2 aromatic carbocycles. The van der Waals surface area contributed by atoms with E-state index in [-0.39, 0.29) is 0 Å².